The van der Waals surface area contributed by atoms with Crippen molar-refractivity contribution in [2.45, 2.75) is 25.7 Å². The number of aliphatic imine (C=N–C) groups is 2. The summed E-state index contributed by atoms with van der Waals surface area (Å²) in [6.07, 6.45) is -0.943. The van der Waals surface area contributed by atoms with E-state index in [4.69, 9.17) is 5.73 Å². The number of nitrogens with one attached hydrogen (secondary N) is 1. The normalized spacial score (nSPS) is 14.5. The fourth-order valence-corrected chi connectivity index (χ4v) is 2.08. The van der Waals surface area contributed by atoms with Gasteiger partial charge in [-0.1, -0.05) is 0 Å². The van der Waals surface area contributed by atoms with Crippen LogP contribution in [0.5, 0.6) is 5.75 Å². The number of amidine groups is 1. The van der Waals surface area contributed by atoms with Crippen molar-refractivity contribution < 1.29 is 17.9 Å². The molecule has 1 aromatic heterocycles. The molecule has 25 heavy (non-hydrogen) atoms. The lowest BCUT2D eigenvalue weighted by molar-refractivity contribution is -0.274. The molecule has 9 heteroatoms. The summed E-state index contributed by atoms with van der Waals surface area (Å²) >= 11 is 0. The van der Waals surface area contributed by atoms with E-state index in [0.717, 1.165) is 5.69 Å². The van der Waals surface area contributed by atoms with E-state index in [1.54, 1.807) is 26.5 Å². The Morgan fingerprint density at radius 3 is 2.52 bits per heavy atom. The maximum Gasteiger partial charge on any atom is 0.573 e. The molecule has 0 aliphatic heterocycles. The van der Waals surface area contributed by atoms with Gasteiger partial charge in [0.25, 0.3) is 0 Å². The van der Waals surface area contributed by atoms with Crippen LogP contribution in [0.3, 0.4) is 0 Å². The van der Waals surface area contributed by atoms with Gasteiger partial charge in [0.15, 0.2) is 5.84 Å². The highest BCUT2D eigenvalue weighted by Crippen LogP contribution is 2.23. The Balaban J connectivity index is 2.10. The first-order valence-corrected chi connectivity index (χ1v) is 7.39. The molecule has 0 saturated carbocycles. The number of ether oxygens (including phenoxy) is 1. The lowest BCUT2D eigenvalue weighted by atomic mass is 10.1. The zero-order chi connectivity index (χ0) is 18.4. The number of alkyl halides is 3. The van der Waals surface area contributed by atoms with E-state index in [0.29, 0.717) is 23.5 Å². The molecule has 1 unspecified atom stereocenters. The largest absolute Gasteiger partial charge is 0.573 e. The Kier molecular flexibility index (Phi) is 5.92. The molecule has 0 saturated heterocycles. The molecular formula is C16H18F3N5O. The first-order valence-electron chi connectivity index (χ1n) is 7.39. The maximum atomic E-state index is 12.2. The quantitative estimate of drug-likeness (QED) is 0.640. The third-order valence-electron chi connectivity index (χ3n) is 3.37. The second-order valence-electron chi connectivity index (χ2n) is 5.26. The fraction of sp³-hybridized carbons (Fsp3) is 0.312. The highest BCUT2D eigenvalue weighted by Gasteiger charge is 2.31. The standard InChI is InChI=1S/C16H18F3N5O/c1-10(14(20)7-12-8-22-9-23-12)24-15(21-2)11-3-5-13(6-4-11)25-16(17,18)19/h3-6,8-9,14H,7,20H2,1-2H3,(H,22,23). The van der Waals surface area contributed by atoms with Crippen molar-refractivity contribution in [2.24, 2.45) is 15.7 Å². The molecule has 134 valence electrons. The van der Waals surface area contributed by atoms with Gasteiger partial charge in [0.1, 0.15) is 5.75 Å². The van der Waals surface area contributed by atoms with Crippen molar-refractivity contribution in [3.05, 3.63) is 48.0 Å². The SMILES string of the molecule is CN=C(N=C(C)C(N)Cc1cnc[nH]1)c1ccc(OC(F)(F)F)cc1. The van der Waals surface area contributed by atoms with Crippen LogP contribution in [0.4, 0.5) is 13.2 Å². The molecule has 0 bridgehead atoms. The fourth-order valence-electron chi connectivity index (χ4n) is 2.08. The number of benzene rings is 1. The van der Waals surface area contributed by atoms with E-state index in [2.05, 4.69) is 24.7 Å². The third kappa shape index (κ3) is 5.71. The number of imidazole rings is 1. The Morgan fingerprint density at radius 1 is 1.32 bits per heavy atom. The Labute approximate surface area is 142 Å². The van der Waals surface area contributed by atoms with E-state index in [-0.39, 0.29) is 11.8 Å². The minimum Gasteiger partial charge on any atom is -0.406 e. The second kappa shape index (κ2) is 7.93. The summed E-state index contributed by atoms with van der Waals surface area (Å²) in [6, 6.07) is 5.00. The van der Waals surface area contributed by atoms with Crippen molar-refractivity contribution in [1.82, 2.24) is 9.97 Å². The molecule has 0 amide bonds. The van der Waals surface area contributed by atoms with Crippen LogP contribution in [0.2, 0.25) is 0 Å². The molecule has 1 atom stereocenters. The molecule has 0 aliphatic rings. The molecule has 1 heterocycles. The Bertz CT molecular complexity index is 736. The number of nitrogens with zero attached hydrogens (tertiary/aromatic N) is 3. The molecule has 3 N–H and O–H groups in total. The summed E-state index contributed by atoms with van der Waals surface area (Å²) in [5.74, 6) is 0.0690. The molecule has 0 radical (unpaired) electrons. The van der Waals surface area contributed by atoms with Crippen LogP contribution in [0.1, 0.15) is 18.2 Å². The van der Waals surface area contributed by atoms with Crippen molar-refractivity contribution >= 4 is 11.5 Å². The van der Waals surface area contributed by atoms with E-state index >= 15 is 0 Å². The van der Waals surface area contributed by atoms with Gasteiger partial charge >= 0.3 is 6.36 Å². The van der Waals surface area contributed by atoms with Gasteiger partial charge in [-0.2, -0.15) is 0 Å². The van der Waals surface area contributed by atoms with Crippen LogP contribution in [-0.2, 0) is 6.42 Å². The zero-order valence-corrected chi connectivity index (χ0v) is 13.7. The summed E-state index contributed by atoms with van der Waals surface area (Å²) in [4.78, 5) is 15.4. The van der Waals surface area contributed by atoms with E-state index in [1.807, 2.05) is 0 Å². The Hall–Kier alpha value is -2.68. The minimum atomic E-state index is -4.72. The monoisotopic (exact) mass is 353 g/mol. The number of hydrogen-bond donors (Lipinski definition) is 2. The first kappa shape index (κ1) is 18.7. The number of hydrogen-bond acceptors (Lipinski definition) is 4. The molecule has 0 fully saturated rings. The van der Waals surface area contributed by atoms with Gasteiger partial charge < -0.3 is 15.5 Å². The van der Waals surface area contributed by atoms with E-state index in [9.17, 15) is 13.2 Å². The zero-order valence-electron chi connectivity index (χ0n) is 13.7. The number of rotatable bonds is 5. The topological polar surface area (TPSA) is 88.6 Å². The van der Waals surface area contributed by atoms with Crippen molar-refractivity contribution in [3.63, 3.8) is 0 Å². The van der Waals surface area contributed by atoms with Crippen LogP contribution in [0.25, 0.3) is 0 Å². The van der Waals surface area contributed by atoms with Crippen molar-refractivity contribution in [2.75, 3.05) is 7.05 Å². The van der Waals surface area contributed by atoms with Gasteiger partial charge in [0, 0.05) is 42.7 Å². The molecule has 2 rings (SSSR count). The smallest absolute Gasteiger partial charge is 0.406 e. The lowest BCUT2D eigenvalue weighted by Crippen LogP contribution is -2.31. The molecule has 0 spiro atoms. The van der Waals surface area contributed by atoms with Crippen LogP contribution in [0.15, 0.2) is 46.8 Å². The summed E-state index contributed by atoms with van der Waals surface area (Å²) in [7, 11) is 1.55. The maximum absolute atomic E-state index is 12.2. The minimum absolute atomic E-state index is 0.302. The molecular weight excluding hydrogens is 335 g/mol. The summed E-state index contributed by atoms with van der Waals surface area (Å²) in [6.45, 7) is 1.77. The van der Waals surface area contributed by atoms with Crippen LogP contribution < -0.4 is 10.5 Å². The highest BCUT2D eigenvalue weighted by atomic mass is 19.4. The third-order valence-corrected chi connectivity index (χ3v) is 3.37. The highest BCUT2D eigenvalue weighted by molar-refractivity contribution is 6.07. The number of aromatic nitrogens is 2. The van der Waals surface area contributed by atoms with Crippen LogP contribution in [0, 0.1) is 0 Å². The average Bonchev–Trinajstić information content (AvgIpc) is 3.04. The van der Waals surface area contributed by atoms with Gasteiger partial charge in [0.2, 0.25) is 0 Å². The van der Waals surface area contributed by atoms with Crippen molar-refractivity contribution in [3.8, 4) is 5.75 Å². The first-order chi connectivity index (χ1) is 11.8. The summed E-state index contributed by atoms with van der Waals surface area (Å²) in [5.41, 5.74) is 8.19. The predicted molar refractivity (Wildman–Crippen MR) is 89.0 cm³/mol. The summed E-state index contributed by atoms with van der Waals surface area (Å²) < 4.78 is 40.4. The number of aromatic amines is 1. The predicted octanol–water partition coefficient (Wildman–Crippen LogP) is 2.72. The number of nitrogens with two attached hydrogens (primary N) is 1. The number of H-pyrrole nitrogens is 1. The average molecular weight is 353 g/mol. The van der Waals surface area contributed by atoms with Gasteiger partial charge in [-0.3, -0.25) is 4.99 Å². The van der Waals surface area contributed by atoms with Gasteiger partial charge in [0.05, 0.1) is 6.33 Å². The van der Waals surface area contributed by atoms with E-state index in [1.165, 1.54) is 24.3 Å². The van der Waals surface area contributed by atoms with E-state index < -0.39 is 6.36 Å². The van der Waals surface area contributed by atoms with Gasteiger partial charge in [-0.25, -0.2) is 9.98 Å². The Morgan fingerprint density at radius 2 is 2.00 bits per heavy atom. The summed E-state index contributed by atoms with van der Waals surface area (Å²) in [5, 5.41) is 0. The number of halogens is 3. The van der Waals surface area contributed by atoms with Gasteiger partial charge in [-0.05, 0) is 31.2 Å². The molecule has 1 aromatic carbocycles. The molecule has 2 aromatic rings. The lowest BCUT2D eigenvalue weighted by Gasteiger charge is -2.12. The van der Waals surface area contributed by atoms with Gasteiger partial charge in [-0.15, -0.1) is 13.2 Å². The van der Waals surface area contributed by atoms with Crippen molar-refractivity contribution in [1.29, 1.82) is 0 Å². The second-order valence-corrected chi connectivity index (χ2v) is 5.26. The van der Waals surface area contributed by atoms with Crippen LogP contribution >= 0.6 is 0 Å². The van der Waals surface area contributed by atoms with Crippen LogP contribution in [-0.4, -0.2) is 41.0 Å². The molecule has 0 aliphatic carbocycles. The molecule has 6 nitrogen and oxygen atoms in total.